The van der Waals surface area contributed by atoms with Crippen molar-refractivity contribution < 1.29 is 0 Å². The lowest BCUT2D eigenvalue weighted by molar-refractivity contribution is 0.519. The molecule has 2 aromatic rings. The number of para-hydroxylation sites is 1. The molecule has 0 amide bonds. The minimum absolute atomic E-state index is 0.436. The first-order chi connectivity index (χ1) is 9.24. The molecule has 0 aliphatic heterocycles. The van der Waals surface area contributed by atoms with Gasteiger partial charge in [0.15, 0.2) is 0 Å². The van der Waals surface area contributed by atoms with E-state index in [-0.39, 0.29) is 0 Å². The predicted octanol–water partition coefficient (Wildman–Crippen LogP) is 4.89. The maximum atomic E-state index is 6.37. The molecule has 2 atom stereocenters. The van der Waals surface area contributed by atoms with Gasteiger partial charge in [0.2, 0.25) is 0 Å². The van der Waals surface area contributed by atoms with Crippen LogP contribution in [0.2, 0.25) is 5.02 Å². The first-order valence-corrected chi connectivity index (χ1v) is 8.68. The van der Waals surface area contributed by atoms with Gasteiger partial charge in [0.25, 0.3) is 0 Å². The van der Waals surface area contributed by atoms with E-state index in [9.17, 15) is 0 Å². The molecule has 0 spiro atoms. The Morgan fingerprint density at radius 1 is 1.42 bits per heavy atom. The average molecular weight is 315 g/mol. The normalized spacial score (nSPS) is 23.3. The highest BCUT2D eigenvalue weighted by Crippen LogP contribution is 2.40. The molecule has 1 saturated carbocycles. The quantitative estimate of drug-likeness (QED) is 0.751. The van der Waals surface area contributed by atoms with E-state index in [0.29, 0.717) is 11.9 Å². The summed E-state index contributed by atoms with van der Waals surface area (Å²) in [5.41, 5.74) is 2.00. The van der Waals surface area contributed by atoms with Gasteiger partial charge in [0.05, 0.1) is 21.9 Å². The van der Waals surface area contributed by atoms with E-state index in [4.69, 9.17) is 23.2 Å². The Morgan fingerprint density at radius 3 is 2.95 bits per heavy atom. The van der Waals surface area contributed by atoms with Crippen LogP contribution < -0.4 is 0 Å². The molecule has 5 heteroatoms. The largest absolute Gasteiger partial charge is 0.323 e. The molecule has 1 aliphatic rings. The fourth-order valence-electron chi connectivity index (χ4n) is 3.01. The summed E-state index contributed by atoms with van der Waals surface area (Å²) < 4.78 is 2.28. The molecule has 3 rings (SSSR count). The molecule has 0 N–H and O–H groups in total. The van der Waals surface area contributed by atoms with E-state index in [1.807, 2.05) is 30.0 Å². The van der Waals surface area contributed by atoms with Crippen LogP contribution in [-0.4, -0.2) is 21.1 Å². The van der Waals surface area contributed by atoms with Gasteiger partial charge < -0.3 is 4.57 Å². The third-order valence-electron chi connectivity index (χ3n) is 3.91. The second-order valence-electron chi connectivity index (χ2n) is 4.96. The molecule has 19 heavy (non-hydrogen) atoms. The zero-order valence-electron chi connectivity index (χ0n) is 10.8. The highest BCUT2D eigenvalue weighted by molar-refractivity contribution is 7.99. The van der Waals surface area contributed by atoms with Crippen LogP contribution in [0.4, 0.5) is 0 Å². The van der Waals surface area contributed by atoms with Gasteiger partial charge in [-0.15, -0.1) is 11.6 Å². The fourth-order valence-corrected chi connectivity index (χ4v) is 4.24. The number of aromatic nitrogens is 2. The standard InChI is InChI=1S/C14H16Cl2N2S/c1-19-10-6-5-9(7-10)18-13(8-15)17-12-4-2-3-11(16)14(12)18/h2-4,9-10H,5-8H2,1H3. The van der Waals surface area contributed by atoms with Gasteiger partial charge in [-0.25, -0.2) is 4.98 Å². The van der Waals surface area contributed by atoms with E-state index in [2.05, 4.69) is 15.8 Å². The minimum atomic E-state index is 0.436. The Morgan fingerprint density at radius 2 is 2.26 bits per heavy atom. The van der Waals surface area contributed by atoms with Crippen molar-refractivity contribution in [2.24, 2.45) is 0 Å². The molecule has 2 nitrogen and oxygen atoms in total. The second-order valence-corrected chi connectivity index (χ2v) is 6.78. The van der Waals surface area contributed by atoms with Crippen LogP contribution >= 0.6 is 35.0 Å². The lowest BCUT2D eigenvalue weighted by Crippen LogP contribution is -2.09. The van der Waals surface area contributed by atoms with E-state index < -0.39 is 0 Å². The molecule has 0 bridgehead atoms. The number of nitrogens with zero attached hydrogens (tertiary/aromatic N) is 2. The van der Waals surface area contributed by atoms with Crippen molar-refractivity contribution in [3.8, 4) is 0 Å². The van der Waals surface area contributed by atoms with E-state index in [1.54, 1.807) is 0 Å². The smallest absolute Gasteiger partial charge is 0.125 e. The first-order valence-electron chi connectivity index (χ1n) is 6.48. The Balaban J connectivity index is 2.11. The number of fused-ring (bicyclic) bond motifs is 1. The summed E-state index contributed by atoms with van der Waals surface area (Å²) >= 11 is 14.4. The maximum Gasteiger partial charge on any atom is 0.125 e. The van der Waals surface area contributed by atoms with Crippen molar-refractivity contribution in [1.82, 2.24) is 9.55 Å². The molecule has 1 aromatic carbocycles. The summed E-state index contributed by atoms with van der Waals surface area (Å²) in [7, 11) is 0. The molecule has 1 fully saturated rings. The number of imidazole rings is 1. The average Bonchev–Trinajstić information content (AvgIpc) is 3.02. The van der Waals surface area contributed by atoms with Crippen LogP contribution in [0.1, 0.15) is 31.1 Å². The number of hydrogen-bond donors (Lipinski definition) is 0. The summed E-state index contributed by atoms with van der Waals surface area (Å²) in [4.78, 5) is 4.63. The minimum Gasteiger partial charge on any atom is -0.323 e. The van der Waals surface area contributed by atoms with Crippen molar-refractivity contribution in [2.45, 2.75) is 36.4 Å². The number of halogens is 2. The zero-order chi connectivity index (χ0) is 13.4. The number of rotatable bonds is 3. The highest BCUT2D eigenvalue weighted by atomic mass is 35.5. The molecular formula is C14H16Cl2N2S. The molecule has 1 aliphatic carbocycles. The summed E-state index contributed by atoms with van der Waals surface area (Å²) in [6, 6.07) is 6.37. The van der Waals surface area contributed by atoms with Gasteiger partial charge in [-0.05, 0) is 37.7 Å². The van der Waals surface area contributed by atoms with Crippen molar-refractivity contribution in [3.05, 3.63) is 29.0 Å². The molecule has 2 unspecified atom stereocenters. The van der Waals surface area contributed by atoms with Crippen molar-refractivity contribution in [1.29, 1.82) is 0 Å². The lowest BCUT2D eigenvalue weighted by atomic mass is 10.2. The van der Waals surface area contributed by atoms with Crippen molar-refractivity contribution >= 4 is 46.0 Å². The van der Waals surface area contributed by atoms with Crippen LogP contribution in [-0.2, 0) is 5.88 Å². The third kappa shape index (κ3) is 2.37. The van der Waals surface area contributed by atoms with Crippen LogP contribution in [0.25, 0.3) is 11.0 Å². The first kappa shape index (κ1) is 13.6. The van der Waals surface area contributed by atoms with Gasteiger partial charge >= 0.3 is 0 Å². The van der Waals surface area contributed by atoms with Gasteiger partial charge in [-0.2, -0.15) is 11.8 Å². The third-order valence-corrected chi connectivity index (χ3v) is 5.55. The molecule has 0 radical (unpaired) electrons. The number of benzene rings is 1. The van der Waals surface area contributed by atoms with Crippen LogP contribution in [0.15, 0.2) is 18.2 Å². The maximum absolute atomic E-state index is 6.37. The lowest BCUT2D eigenvalue weighted by Gasteiger charge is -2.16. The summed E-state index contributed by atoms with van der Waals surface area (Å²) in [5, 5.41) is 1.52. The van der Waals surface area contributed by atoms with Gasteiger partial charge in [0.1, 0.15) is 5.82 Å². The number of alkyl halides is 1. The summed E-state index contributed by atoms with van der Waals surface area (Å²) in [6.45, 7) is 0. The number of hydrogen-bond acceptors (Lipinski definition) is 2. The van der Waals surface area contributed by atoms with Gasteiger partial charge in [-0.3, -0.25) is 0 Å². The predicted molar refractivity (Wildman–Crippen MR) is 84.5 cm³/mol. The zero-order valence-corrected chi connectivity index (χ0v) is 13.1. The molecular weight excluding hydrogens is 299 g/mol. The Bertz CT molecular complexity index is 596. The number of thioether (sulfide) groups is 1. The second kappa shape index (κ2) is 5.55. The molecule has 1 aromatic heterocycles. The van der Waals surface area contributed by atoms with E-state index in [0.717, 1.165) is 27.1 Å². The summed E-state index contributed by atoms with van der Waals surface area (Å²) in [6.07, 6.45) is 5.82. The Hall–Kier alpha value is -0.380. The van der Waals surface area contributed by atoms with Crippen LogP contribution in [0, 0.1) is 0 Å². The Kier molecular flexibility index (Phi) is 3.97. The molecule has 102 valence electrons. The van der Waals surface area contributed by atoms with Crippen molar-refractivity contribution in [3.63, 3.8) is 0 Å². The SMILES string of the molecule is CSC1CCC(n2c(CCl)nc3cccc(Cl)c32)C1. The highest BCUT2D eigenvalue weighted by Gasteiger charge is 2.28. The monoisotopic (exact) mass is 314 g/mol. The summed E-state index contributed by atoms with van der Waals surface area (Å²) in [5.74, 6) is 1.38. The van der Waals surface area contributed by atoms with Crippen LogP contribution in [0.3, 0.4) is 0 Å². The molecule has 1 heterocycles. The van der Waals surface area contributed by atoms with E-state index in [1.165, 1.54) is 19.3 Å². The van der Waals surface area contributed by atoms with Gasteiger partial charge in [-0.1, -0.05) is 17.7 Å². The van der Waals surface area contributed by atoms with Crippen molar-refractivity contribution in [2.75, 3.05) is 6.26 Å². The Labute approximate surface area is 127 Å². The van der Waals surface area contributed by atoms with E-state index >= 15 is 0 Å². The van der Waals surface area contributed by atoms with Gasteiger partial charge in [0, 0.05) is 11.3 Å². The molecule has 0 saturated heterocycles. The van der Waals surface area contributed by atoms with Crippen LogP contribution in [0.5, 0.6) is 0 Å². The fraction of sp³-hybridized carbons (Fsp3) is 0.500. The topological polar surface area (TPSA) is 17.8 Å².